The molecule has 0 fully saturated rings. The molecule has 0 unspecified atom stereocenters. The van der Waals surface area contributed by atoms with Crippen LogP contribution in [0.2, 0.25) is 5.02 Å². The summed E-state index contributed by atoms with van der Waals surface area (Å²) in [6, 6.07) is 4.62. The van der Waals surface area contributed by atoms with Crippen molar-refractivity contribution in [2.24, 2.45) is 0 Å². The zero-order chi connectivity index (χ0) is 15.3. The molecule has 0 bridgehead atoms. The van der Waals surface area contributed by atoms with E-state index in [1.165, 1.54) is 4.31 Å². The van der Waals surface area contributed by atoms with Crippen molar-refractivity contribution in [3.63, 3.8) is 0 Å². The lowest BCUT2D eigenvalue weighted by Crippen LogP contribution is -2.38. The van der Waals surface area contributed by atoms with Crippen LogP contribution in [0.1, 0.15) is 40.0 Å². The second-order valence-corrected chi connectivity index (χ2v) is 7.31. The van der Waals surface area contributed by atoms with Crippen molar-refractivity contribution >= 4 is 27.3 Å². The molecule has 4 nitrogen and oxygen atoms in total. The largest absolute Gasteiger partial charge is 0.398 e. The number of nitrogens with zero attached hydrogens (tertiary/aromatic N) is 1. The lowest BCUT2D eigenvalue weighted by Gasteiger charge is -2.27. The minimum Gasteiger partial charge on any atom is -0.398 e. The number of sulfonamides is 1. The molecular formula is C14H23ClN2O2S. The van der Waals surface area contributed by atoms with Gasteiger partial charge in [-0.15, -0.1) is 0 Å². The average Bonchev–Trinajstić information content (AvgIpc) is 2.33. The van der Waals surface area contributed by atoms with Gasteiger partial charge in [0.05, 0.1) is 10.7 Å². The summed E-state index contributed by atoms with van der Waals surface area (Å²) in [4.78, 5) is 0.0202. The second kappa shape index (κ2) is 7.29. The van der Waals surface area contributed by atoms with E-state index in [9.17, 15) is 8.42 Å². The molecule has 0 saturated carbocycles. The number of halogens is 1. The van der Waals surface area contributed by atoms with Gasteiger partial charge in [-0.05, 0) is 32.4 Å². The van der Waals surface area contributed by atoms with Crippen LogP contribution in [0.5, 0.6) is 0 Å². The van der Waals surface area contributed by atoms with E-state index < -0.39 is 10.0 Å². The fourth-order valence-electron chi connectivity index (χ4n) is 2.09. The molecule has 0 spiro atoms. The van der Waals surface area contributed by atoms with E-state index in [2.05, 4.69) is 6.92 Å². The number of benzene rings is 1. The van der Waals surface area contributed by atoms with Gasteiger partial charge in [-0.2, -0.15) is 4.31 Å². The molecule has 0 radical (unpaired) electrons. The Balaban J connectivity index is 3.17. The average molecular weight is 319 g/mol. The summed E-state index contributed by atoms with van der Waals surface area (Å²) in [6.45, 7) is 6.28. The second-order valence-electron chi connectivity index (χ2n) is 5.07. The van der Waals surface area contributed by atoms with E-state index in [0.29, 0.717) is 6.54 Å². The van der Waals surface area contributed by atoms with Gasteiger partial charge in [0.1, 0.15) is 4.90 Å². The van der Waals surface area contributed by atoms with Crippen LogP contribution in [0, 0.1) is 0 Å². The SMILES string of the molecule is CCCCCN(C(C)C)S(=O)(=O)c1c(N)cccc1Cl. The number of nitrogen functional groups attached to an aromatic ring is 1. The number of unbranched alkanes of at least 4 members (excludes halogenated alkanes) is 2. The van der Waals surface area contributed by atoms with Crippen LogP contribution in [0.4, 0.5) is 5.69 Å². The van der Waals surface area contributed by atoms with Gasteiger partial charge in [0.25, 0.3) is 0 Å². The Morgan fingerprint density at radius 3 is 2.45 bits per heavy atom. The van der Waals surface area contributed by atoms with Crippen molar-refractivity contribution in [3.8, 4) is 0 Å². The number of anilines is 1. The van der Waals surface area contributed by atoms with Crippen LogP contribution >= 0.6 is 11.6 Å². The lowest BCUT2D eigenvalue weighted by molar-refractivity contribution is 0.346. The Bertz CT molecular complexity index is 524. The molecule has 0 aliphatic rings. The summed E-state index contributed by atoms with van der Waals surface area (Å²) < 4.78 is 27.0. The molecule has 0 atom stereocenters. The van der Waals surface area contributed by atoms with Gasteiger partial charge < -0.3 is 5.73 Å². The monoisotopic (exact) mass is 318 g/mol. The van der Waals surface area contributed by atoms with Crippen LogP contribution < -0.4 is 5.73 Å². The summed E-state index contributed by atoms with van der Waals surface area (Å²) in [6.07, 6.45) is 2.87. The summed E-state index contributed by atoms with van der Waals surface area (Å²) >= 11 is 6.04. The molecule has 20 heavy (non-hydrogen) atoms. The maximum atomic E-state index is 12.8. The Kier molecular flexibility index (Phi) is 6.30. The van der Waals surface area contributed by atoms with Crippen molar-refractivity contribution < 1.29 is 8.42 Å². The zero-order valence-electron chi connectivity index (χ0n) is 12.3. The van der Waals surface area contributed by atoms with Gasteiger partial charge in [0, 0.05) is 12.6 Å². The van der Waals surface area contributed by atoms with Gasteiger partial charge in [0.15, 0.2) is 0 Å². The molecule has 0 heterocycles. The van der Waals surface area contributed by atoms with Gasteiger partial charge >= 0.3 is 0 Å². The Morgan fingerprint density at radius 1 is 1.30 bits per heavy atom. The van der Waals surface area contributed by atoms with E-state index in [-0.39, 0.29) is 21.6 Å². The highest BCUT2D eigenvalue weighted by atomic mass is 35.5. The molecular weight excluding hydrogens is 296 g/mol. The molecule has 0 saturated heterocycles. The normalized spacial score (nSPS) is 12.3. The predicted octanol–water partition coefficient (Wildman–Crippen LogP) is 3.51. The molecule has 0 aliphatic heterocycles. The first-order chi connectivity index (χ1) is 9.32. The minimum atomic E-state index is -3.67. The molecule has 1 aromatic rings. The summed E-state index contributed by atoms with van der Waals surface area (Å²) in [5.74, 6) is 0. The van der Waals surface area contributed by atoms with Crippen molar-refractivity contribution in [2.45, 2.75) is 51.0 Å². The molecule has 0 aliphatic carbocycles. The van der Waals surface area contributed by atoms with Gasteiger partial charge in [-0.3, -0.25) is 0 Å². The molecule has 6 heteroatoms. The van der Waals surface area contributed by atoms with Crippen LogP contribution in [-0.2, 0) is 10.0 Å². The first-order valence-corrected chi connectivity index (χ1v) is 8.70. The van der Waals surface area contributed by atoms with E-state index in [1.54, 1.807) is 18.2 Å². The maximum Gasteiger partial charge on any atom is 0.246 e. The topological polar surface area (TPSA) is 63.4 Å². The van der Waals surface area contributed by atoms with Gasteiger partial charge in [-0.1, -0.05) is 37.4 Å². The molecule has 2 N–H and O–H groups in total. The van der Waals surface area contributed by atoms with Gasteiger partial charge in [-0.25, -0.2) is 8.42 Å². The van der Waals surface area contributed by atoms with E-state index in [1.807, 2.05) is 13.8 Å². The van der Waals surface area contributed by atoms with Crippen LogP contribution in [-0.4, -0.2) is 25.3 Å². The van der Waals surface area contributed by atoms with Crippen molar-refractivity contribution in [2.75, 3.05) is 12.3 Å². The highest BCUT2D eigenvalue weighted by molar-refractivity contribution is 7.89. The maximum absolute atomic E-state index is 12.8. The minimum absolute atomic E-state index is 0.0202. The van der Waals surface area contributed by atoms with E-state index >= 15 is 0 Å². The van der Waals surface area contributed by atoms with Crippen molar-refractivity contribution in [1.82, 2.24) is 4.31 Å². The lowest BCUT2D eigenvalue weighted by atomic mass is 10.2. The number of hydrogen-bond acceptors (Lipinski definition) is 3. The fourth-order valence-corrected chi connectivity index (χ4v) is 4.40. The molecule has 0 aromatic heterocycles. The Morgan fingerprint density at radius 2 is 1.95 bits per heavy atom. The number of nitrogens with two attached hydrogens (primary N) is 1. The molecule has 0 amide bonds. The van der Waals surface area contributed by atoms with E-state index in [4.69, 9.17) is 17.3 Å². The summed E-state index contributed by atoms with van der Waals surface area (Å²) in [5.41, 5.74) is 6.00. The van der Waals surface area contributed by atoms with Crippen molar-refractivity contribution in [1.29, 1.82) is 0 Å². The molecule has 114 valence electrons. The standard InChI is InChI=1S/C14H23ClN2O2S/c1-4-5-6-10-17(11(2)3)20(18,19)14-12(15)8-7-9-13(14)16/h7-9,11H,4-6,10,16H2,1-3H3. The zero-order valence-corrected chi connectivity index (χ0v) is 13.8. The number of rotatable bonds is 7. The molecule has 1 rings (SSSR count). The fraction of sp³-hybridized carbons (Fsp3) is 0.571. The Labute approximate surface area is 127 Å². The highest BCUT2D eigenvalue weighted by Gasteiger charge is 2.30. The first-order valence-electron chi connectivity index (χ1n) is 6.88. The third-order valence-corrected chi connectivity index (χ3v) is 5.74. The quantitative estimate of drug-likeness (QED) is 0.618. The third-order valence-electron chi connectivity index (χ3n) is 3.12. The van der Waals surface area contributed by atoms with Crippen LogP contribution in [0.15, 0.2) is 23.1 Å². The number of hydrogen-bond donors (Lipinski definition) is 1. The van der Waals surface area contributed by atoms with Crippen molar-refractivity contribution in [3.05, 3.63) is 23.2 Å². The summed E-state index contributed by atoms with van der Waals surface area (Å²) in [5, 5.41) is 0.172. The third kappa shape index (κ3) is 3.87. The van der Waals surface area contributed by atoms with E-state index in [0.717, 1.165) is 19.3 Å². The molecule has 1 aromatic carbocycles. The smallest absolute Gasteiger partial charge is 0.246 e. The highest BCUT2D eigenvalue weighted by Crippen LogP contribution is 2.31. The Hall–Kier alpha value is -0.780. The summed E-state index contributed by atoms with van der Waals surface area (Å²) in [7, 11) is -3.67. The first kappa shape index (κ1) is 17.3. The van der Waals surface area contributed by atoms with Crippen LogP contribution in [0.3, 0.4) is 0 Å². The van der Waals surface area contributed by atoms with Crippen LogP contribution in [0.25, 0.3) is 0 Å². The van der Waals surface area contributed by atoms with Gasteiger partial charge in [0.2, 0.25) is 10.0 Å². The predicted molar refractivity (Wildman–Crippen MR) is 84.4 cm³/mol.